The van der Waals surface area contributed by atoms with E-state index >= 15 is 0 Å². The Balaban J connectivity index is 2.65. The molecule has 0 spiro atoms. The van der Waals surface area contributed by atoms with E-state index in [1.807, 2.05) is 6.92 Å². The van der Waals surface area contributed by atoms with Gasteiger partial charge in [-0.3, -0.25) is 0 Å². The first kappa shape index (κ1) is 12.2. The summed E-state index contributed by atoms with van der Waals surface area (Å²) >= 11 is 0. The number of benzene rings is 1. The smallest absolute Gasteiger partial charge is 0.154 e. The molecule has 0 saturated heterocycles. The van der Waals surface area contributed by atoms with Gasteiger partial charge in [0.15, 0.2) is 9.84 Å². The fraction of sp³-hybridized carbons (Fsp3) is 0.455. The molecular weight excluding hydrogens is 215 g/mol. The molecule has 0 aliphatic rings. The van der Waals surface area contributed by atoms with Crippen molar-refractivity contribution in [3.05, 3.63) is 35.6 Å². The minimum absolute atomic E-state index is 0.00722. The van der Waals surface area contributed by atoms with Crippen LogP contribution < -0.4 is 0 Å². The zero-order valence-corrected chi connectivity index (χ0v) is 9.56. The predicted molar refractivity (Wildman–Crippen MR) is 58.8 cm³/mol. The minimum Gasteiger partial charge on any atom is -0.228 e. The number of sulfone groups is 1. The number of unbranched alkanes of at least 4 members (excludes halogenated alkanes) is 1. The maximum Gasteiger partial charge on any atom is 0.154 e. The maximum absolute atomic E-state index is 12.6. The van der Waals surface area contributed by atoms with Crippen LogP contribution in [0.5, 0.6) is 0 Å². The van der Waals surface area contributed by atoms with E-state index < -0.39 is 9.84 Å². The summed E-state index contributed by atoms with van der Waals surface area (Å²) < 4.78 is 35.7. The Bertz CT molecular complexity index is 395. The van der Waals surface area contributed by atoms with Crippen molar-refractivity contribution in [2.45, 2.75) is 25.5 Å². The molecular formula is C11H15FO2S. The van der Waals surface area contributed by atoms with Crippen LogP contribution in [-0.4, -0.2) is 14.2 Å². The minimum atomic E-state index is -3.03. The third kappa shape index (κ3) is 4.42. The fourth-order valence-electron chi connectivity index (χ4n) is 1.27. The SMILES string of the molecule is CCCCS(=O)(=O)Cc1ccc(F)cc1. The second-order valence-corrected chi connectivity index (χ2v) is 5.76. The van der Waals surface area contributed by atoms with Crippen molar-refractivity contribution in [2.75, 3.05) is 5.75 Å². The van der Waals surface area contributed by atoms with Crippen LogP contribution >= 0.6 is 0 Å². The second-order valence-electron chi connectivity index (χ2n) is 3.57. The van der Waals surface area contributed by atoms with Gasteiger partial charge < -0.3 is 0 Å². The van der Waals surface area contributed by atoms with Gasteiger partial charge in [0.05, 0.1) is 11.5 Å². The van der Waals surface area contributed by atoms with E-state index in [9.17, 15) is 12.8 Å². The Labute approximate surface area is 90.0 Å². The standard InChI is InChI=1S/C11H15FO2S/c1-2-3-8-15(13,14)9-10-4-6-11(12)7-5-10/h4-7H,2-3,8-9H2,1H3. The molecule has 0 atom stereocenters. The van der Waals surface area contributed by atoms with Gasteiger partial charge in [-0.15, -0.1) is 0 Å². The highest BCUT2D eigenvalue weighted by molar-refractivity contribution is 7.90. The van der Waals surface area contributed by atoms with Gasteiger partial charge in [0, 0.05) is 0 Å². The van der Waals surface area contributed by atoms with Crippen LogP contribution in [0.1, 0.15) is 25.3 Å². The largest absolute Gasteiger partial charge is 0.228 e. The highest BCUT2D eigenvalue weighted by Gasteiger charge is 2.10. The van der Waals surface area contributed by atoms with Crippen LogP contribution in [0.2, 0.25) is 0 Å². The number of hydrogen-bond acceptors (Lipinski definition) is 2. The van der Waals surface area contributed by atoms with Crippen molar-refractivity contribution in [2.24, 2.45) is 0 Å². The summed E-state index contributed by atoms with van der Waals surface area (Å²) in [7, 11) is -3.03. The van der Waals surface area contributed by atoms with Crippen molar-refractivity contribution in [1.29, 1.82) is 0 Å². The molecule has 0 amide bonds. The summed E-state index contributed by atoms with van der Waals surface area (Å²) in [4.78, 5) is 0. The fourth-order valence-corrected chi connectivity index (χ4v) is 2.84. The monoisotopic (exact) mass is 230 g/mol. The summed E-state index contributed by atoms with van der Waals surface area (Å²) in [6, 6.07) is 5.59. The van der Waals surface area contributed by atoms with Crippen LogP contribution in [0.25, 0.3) is 0 Å². The van der Waals surface area contributed by atoms with Crippen molar-refractivity contribution >= 4 is 9.84 Å². The van der Waals surface area contributed by atoms with Crippen molar-refractivity contribution < 1.29 is 12.8 Å². The van der Waals surface area contributed by atoms with Crippen LogP contribution in [0.4, 0.5) is 4.39 Å². The molecule has 0 unspecified atom stereocenters. The third-order valence-electron chi connectivity index (χ3n) is 2.11. The van der Waals surface area contributed by atoms with Gasteiger partial charge in [-0.05, 0) is 24.1 Å². The van der Waals surface area contributed by atoms with Crippen LogP contribution in [0, 0.1) is 5.82 Å². The van der Waals surface area contributed by atoms with Crippen LogP contribution in [-0.2, 0) is 15.6 Å². The lowest BCUT2D eigenvalue weighted by Gasteiger charge is -2.03. The summed E-state index contributed by atoms with van der Waals surface area (Å²) in [5.41, 5.74) is 0.646. The van der Waals surface area contributed by atoms with Gasteiger partial charge in [0.1, 0.15) is 5.82 Å². The molecule has 0 bridgehead atoms. The Kier molecular flexibility index (Phi) is 4.27. The molecule has 0 fully saturated rings. The Morgan fingerprint density at radius 1 is 1.20 bits per heavy atom. The lowest BCUT2D eigenvalue weighted by atomic mass is 10.2. The first-order chi connectivity index (χ1) is 7.03. The quantitative estimate of drug-likeness (QED) is 0.779. The molecule has 1 aromatic rings. The summed E-state index contributed by atoms with van der Waals surface area (Å²) in [6.07, 6.45) is 1.55. The van der Waals surface area contributed by atoms with E-state index in [4.69, 9.17) is 0 Å². The number of hydrogen-bond donors (Lipinski definition) is 0. The Morgan fingerprint density at radius 2 is 1.80 bits per heavy atom. The molecule has 0 aromatic heterocycles. The molecule has 0 N–H and O–H groups in total. The third-order valence-corrected chi connectivity index (χ3v) is 3.79. The molecule has 0 radical (unpaired) electrons. The van der Waals surface area contributed by atoms with Crippen LogP contribution in [0.3, 0.4) is 0 Å². The molecule has 4 heteroatoms. The lowest BCUT2D eigenvalue weighted by Crippen LogP contribution is -2.09. The topological polar surface area (TPSA) is 34.1 Å². The van der Waals surface area contributed by atoms with E-state index in [0.717, 1.165) is 6.42 Å². The molecule has 0 saturated carbocycles. The zero-order valence-electron chi connectivity index (χ0n) is 8.74. The number of halogens is 1. The van der Waals surface area contributed by atoms with E-state index in [0.29, 0.717) is 12.0 Å². The molecule has 15 heavy (non-hydrogen) atoms. The Hall–Kier alpha value is -0.900. The van der Waals surface area contributed by atoms with Crippen molar-refractivity contribution in [3.8, 4) is 0 Å². The molecule has 84 valence electrons. The molecule has 1 aromatic carbocycles. The van der Waals surface area contributed by atoms with E-state index in [2.05, 4.69) is 0 Å². The van der Waals surface area contributed by atoms with Gasteiger partial charge in [-0.25, -0.2) is 12.8 Å². The van der Waals surface area contributed by atoms with Gasteiger partial charge in [-0.2, -0.15) is 0 Å². The summed E-state index contributed by atoms with van der Waals surface area (Å²) in [5, 5.41) is 0. The van der Waals surface area contributed by atoms with E-state index in [1.54, 1.807) is 0 Å². The predicted octanol–water partition coefficient (Wildman–Crippen LogP) is 2.54. The van der Waals surface area contributed by atoms with Crippen LogP contribution in [0.15, 0.2) is 24.3 Å². The first-order valence-electron chi connectivity index (χ1n) is 4.98. The molecule has 0 aliphatic carbocycles. The first-order valence-corrected chi connectivity index (χ1v) is 6.80. The molecule has 1 rings (SSSR count). The Morgan fingerprint density at radius 3 is 2.33 bits per heavy atom. The van der Waals surface area contributed by atoms with Gasteiger partial charge >= 0.3 is 0 Å². The average Bonchev–Trinajstić information content (AvgIpc) is 2.18. The normalized spacial score (nSPS) is 11.6. The van der Waals surface area contributed by atoms with Gasteiger partial charge in [0.2, 0.25) is 0 Å². The summed E-state index contributed by atoms with van der Waals surface area (Å²) in [5.74, 6) is -0.126. The molecule has 2 nitrogen and oxygen atoms in total. The average molecular weight is 230 g/mol. The van der Waals surface area contributed by atoms with E-state index in [1.165, 1.54) is 24.3 Å². The maximum atomic E-state index is 12.6. The molecule has 0 aliphatic heterocycles. The highest BCUT2D eigenvalue weighted by atomic mass is 32.2. The van der Waals surface area contributed by atoms with Gasteiger partial charge in [-0.1, -0.05) is 25.5 Å². The van der Waals surface area contributed by atoms with Crippen molar-refractivity contribution in [3.63, 3.8) is 0 Å². The zero-order chi connectivity index (χ0) is 11.3. The number of rotatable bonds is 5. The second kappa shape index (κ2) is 5.26. The summed E-state index contributed by atoms with van der Waals surface area (Å²) in [6.45, 7) is 1.95. The lowest BCUT2D eigenvalue weighted by molar-refractivity contribution is 0.591. The highest BCUT2D eigenvalue weighted by Crippen LogP contribution is 2.09. The molecule has 0 heterocycles. The van der Waals surface area contributed by atoms with E-state index in [-0.39, 0.29) is 17.3 Å². The van der Waals surface area contributed by atoms with Gasteiger partial charge in [0.25, 0.3) is 0 Å². The van der Waals surface area contributed by atoms with Crippen molar-refractivity contribution in [1.82, 2.24) is 0 Å².